The maximum atomic E-state index is 11.7. The smallest absolute Gasteiger partial charge is 0.255 e. The van der Waals surface area contributed by atoms with Gasteiger partial charge in [-0.1, -0.05) is 6.07 Å². The van der Waals surface area contributed by atoms with E-state index in [1.807, 2.05) is 32.0 Å². The molecular weight excluding hydrogens is 224 g/mol. The van der Waals surface area contributed by atoms with Crippen molar-refractivity contribution >= 4 is 11.5 Å². The minimum Gasteiger partial charge on any atom is -0.255 e. The van der Waals surface area contributed by atoms with E-state index in [0.717, 1.165) is 32.9 Å². The van der Waals surface area contributed by atoms with Crippen LogP contribution >= 0.6 is 11.5 Å². The van der Waals surface area contributed by atoms with Gasteiger partial charge in [-0.3, -0.25) is 9.36 Å². The molecule has 4 nitrogen and oxygen atoms in total. The highest BCUT2D eigenvalue weighted by molar-refractivity contribution is 7.03. The van der Waals surface area contributed by atoms with Crippen molar-refractivity contribution in [3.8, 4) is 5.69 Å². The minimum atomic E-state index is -0.292. The Balaban J connectivity index is 2.72. The number of nitrogens with zero attached hydrogens (tertiary/aromatic N) is 2. The van der Waals surface area contributed by atoms with Crippen LogP contribution in [0.3, 0.4) is 0 Å². The van der Waals surface area contributed by atoms with Gasteiger partial charge in [-0.05, 0) is 37.1 Å². The lowest BCUT2D eigenvalue weighted by atomic mass is 10.1. The maximum Gasteiger partial charge on any atom is 0.345 e. The Morgan fingerprint density at radius 3 is 2.06 bits per heavy atom. The summed E-state index contributed by atoms with van der Waals surface area (Å²) < 4.78 is 2.53. The molecule has 0 aliphatic heterocycles. The molecule has 0 aliphatic rings. The van der Waals surface area contributed by atoms with Crippen LogP contribution in [-0.2, 0) is 7.05 Å². The van der Waals surface area contributed by atoms with Gasteiger partial charge in [-0.2, -0.15) is 0 Å². The second kappa shape index (κ2) is 3.75. The quantitative estimate of drug-likeness (QED) is 0.747. The number of rotatable bonds is 1. The Kier molecular flexibility index (Phi) is 2.55. The zero-order chi connectivity index (χ0) is 11.9. The molecule has 0 unspecified atom stereocenters. The summed E-state index contributed by atoms with van der Waals surface area (Å²) >= 11 is 0.923. The van der Waals surface area contributed by atoms with E-state index >= 15 is 0 Å². The van der Waals surface area contributed by atoms with Crippen LogP contribution in [-0.4, -0.2) is 8.52 Å². The van der Waals surface area contributed by atoms with Gasteiger partial charge in [0.05, 0.1) is 5.69 Å². The number of hydrogen-bond donors (Lipinski definition) is 0. The number of hydrogen-bond acceptors (Lipinski definition) is 3. The Bertz CT molecular complexity index is 628. The number of aromatic nitrogens is 2. The van der Waals surface area contributed by atoms with Crippen molar-refractivity contribution in [2.45, 2.75) is 13.8 Å². The molecular formula is C11H12N2O2S. The fraction of sp³-hybridized carbons (Fsp3) is 0.273. The molecule has 0 radical (unpaired) electrons. The molecule has 16 heavy (non-hydrogen) atoms. The highest BCUT2D eigenvalue weighted by Gasteiger charge is 2.08. The monoisotopic (exact) mass is 236 g/mol. The first-order valence-corrected chi connectivity index (χ1v) is 5.64. The predicted molar refractivity (Wildman–Crippen MR) is 64.6 cm³/mol. The van der Waals surface area contributed by atoms with Gasteiger partial charge < -0.3 is 0 Å². The topological polar surface area (TPSA) is 44.0 Å². The van der Waals surface area contributed by atoms with Crippen LogP contribution in [0.15, 0.2) is 27.8 Å². The molecule has 2 aromatic rings. The largest absolute Gasteiger partial charge is 0.345 e. The fourth-order valence-electron chi connectivity index (χ4n) is 1.62. The summed E-state index contributed by atoms with van der Waals surface area (Å²) in [6.07, 6.45) is 0. The minimum absolute atomic E-state index is 0.246. The van der Waals surface area contributed by atoms with Crippen LogP contribution < -0.4 is 10.6 Å². The van der Waals surface area contributed by atoms with Crippen LogP contribution in [0.1, 0.15) is 11.1 Å². The van der Waals surface area contributed by atoms with Gasteiger partial charge in [-0.15, -0.1) is 0 Å². The molecule has 0 fully saturated rings. The molecule has 1 heterocycles. The predicted octanol–water partition coefficient (Wildman–Crippen LogP) is 1.21. The zero-order valence-corrected chi connectivity index (χ0v) is 10.2. The maximum absolute atomic E-state index is 11.7. The standard InChI is InChI=1S/C11H12N2O2S/c1-7-4-8(2)6-9(5-7)13-10(14)12(3)11(15)16-13/h4-6H,1-3H3. The Labute approximate surface area is 96.5 Å². The second-order valence-corrected chi connectivity index (χ2v) is 4.74. The molecule has 0 saturated heterocycles. The fourth-order valence-corrected chi connectivity index (χ4v) is 2.39. The molecule has 0 atom stereocenters. The molecule has 0 saturated carbocycles. The summed E-state index contributed by atoms with van der Waals surface area (Å²) in [5.74, 6) is 0. The Morgan fingerprint density at radius 2 is 1.62 bits per heavy atom. The third-order valence-electron chi connectivity index (χ3n) is 2.34. The third-order valence-corrected chi connectivity index (χ3v) is 3.32. The average molecular weight is 236 g/mol. The first-order valence-electron chi connectivity index (χ1n) is 4.87. The van der Waals surface area contributed by atoms with Crippen molar-refractivity contribution < 1.29 is 0 Å². The summed E-state index contributed by atoms with van der Waals surface area (Å²) in [4.78, 5) is 22.9. The van der Waals surface area contributed by atoms with Crippen LogP contribution in [0.25, 0.3) is 5.69 Å². The van der Waals surface area contributed by atoms with E-state index in [1.165, 1.54) is 11.0 Å². The molecule has 84 valence electrons. The molecule has 0 N–H and O–H groups in total. The lowest BCUT2D eigenvalue weighted by Crippen LogP contribution is -2.25. The van der Waals surface area contributed by atoms with E-state index in [-0.39, 0.29) is 10.6 Å². The summed E-state index contributed by atoms with van der Waals surface area (Å²) in [6, 6.07) is 5.81. The van der Waals surface area contributed by atoms with Gasteiger partial charge in [0.2, 0.25) is 0 Å². The van der Waals surface area contributed by atoms with Gasteiger partial charge in [0.25, 0.3) is 0 Å². The van der Waals surface area contributed by atoms with Crippen molar-refractivity contribution in [1.29, 1.82) is 0 Å². The zero-order valence-electron chi connectivity index (χ0n) is 9.35. The van der Waals surface area contributed by atoms with Crippen molar-refractivity contribution in [3.63, 3.8) is 0 Å². The molecule has 5 heteroatoms. The summed E-state index contributed by atoms with van der Waals surface area (Å²) in [5, 5.41) is 0. The summed E-state index contributed by atoms with van der Waals surface area (Å²) in [6.45, 7) is 3.93. The SMILES string of the molecule is Cc1cc(C)cc(-n2sc(=O)n(C)c2=O)c1. The third kappa shape index (κ3) is 1.74. The van der Waals surface area contributed by atoms with Crippen molar-refractivity contribution in [3.05, 3.63) is 49.5 Å². The van der Waals surface area contributed by atoms with Gasteiger partial charge in [0.15, 0.2) is 0 Å². The van der Waals surface area contributed by atoms with E-state index in [1.54, 1.807) is 0 Å². The molecule has 2 rings (SSSR count). The normalized spacial score (nSPS) is 10.7. The molecule has 1 aromatic heterocycles. The lowest BCUT2D eigenvalue weighted by Gasteiger charge is -2.03. The Hall–Kier alpha value is -1.62. The number of benzene rings is 1. The summed E-state index contributed by atoms with van der Waals surface area (Å²) in [7, 11) is 1.49. The first kappa shape index (κ1) is 10.9. The highest BCUT2D eigenvalue weighted by atomic mass is 32.1. The lowest BCUT2D eigenvalue weighted by molar-refractivity contribution is 0.805. The molecule has 0 amide bonds. The average Bonchev–Trinajstić information content (AvgIpc) is 2.44. The molecule has 1 aromatic carbocycles. The Morgan fingerprint density at radius 1 is 1.06 bits per heavy atom. The van der Waals surface area contributed by atoms with Gasteiger partial charge in [-0.25, -0.2) is 8.75 Å². The summed E-state index contributed by atoms with van der Waals surface area (Å²) in [5.41, 5.74) is 2.61. The highest BCUT2D eigenvalue weighted by Crippen LogP contribution is 2.12. The van der Waals surface area contributed by atoms with E-state index in [2.05, 4.69) is 0 Å². The van der Waals surface area contributed by atoms with Gasteiger partial charge in [0.1, 0.15) is 0 Å². The van der Waals surface area contributed by atoms with E-state index < -0.39 is 0 Å². The van der Waals surface area contributed by atoms with Gasteiger partial charge >= 0.3 is 10.6 Å². The number of aryl methyl sites for hydroxylation is 2. The van der Waals surface area contributed by atoms with E-state index in [4.69, 9.17) is 0 Å². The van der Waals surface area contributed by atoms with Crippen molar-refractivity contribution in [2.75, 3.05) is 0 Å². The van der Waals surface area contributed by atoms with Gasteiger partial charge in [0, 0.05) is 18.6 Å². The molecule has 0 bridgehead atoms. The second-order valence-electron chi connectivity index (χ2n) is 3.84. The molecule has 0 spiro atoms. The van der Waals surface area contributed by atoms with E-state index in [9.17, 15) is 9.59 Å². The van der Waals surface area contributed by atoms with Crippen molar-refractivity contribution in [1.82, 2.24) is 8.52 Å². The van der Waals surface area contributed by atoms with Crippen LogP contribution in [0, 0.1) is 13.8 Å². The molecule has 0 aliphatic carbocycles. The van der Waals surface area contributed by atoms with Crippen LogP contribution in [0.4, 0.5) is 0 Å². The first-order chi connectivity index (χ1) is 7.49. The van der Waals surface area contributed by atoms with Crippen LogP contribution in [0.2, 0.25) is 0 Å². The van der Waals surface area contributed by atoms with Crippen molar-refractivity contribution in [2.24, 2.45) is 7.05 Å². The van der Waals surface area contributed by atoms with E-state index in [0.29, 0.717) is 0 Å². The van der Waals surface area contributed by atoms with Crippen LogP contribution in [0.5, 0.6) is 0 Å².